The molecule has 2 aromatic heterocycles. The summed E-state index contributed by atoms with van der Waals surface area (Å²) in [5, 5.41) is 35.8. The summed E-state index contributed by atoms with van der Waals surface area (Å²) >= 11 is 23.2. The van der Waals surface area contributed by atoms with Crippen molar-refractivity contribution >= 4 is 120 Å². The summed E-state index contributed by atoms with van der Waals surface area (Å²) in [4.78, 5) is 116. The standard InChI is InChI=1S/C30H37BrClF2N5O7.C26H37F2N3O7.C4HBrCl2N2/c1-14(2)25(27(42)36-20-9-16(28(43)45-3)8-17(10-20)29(44)46-4)38-24(41)12-23(40)22(7-15-5-18(33)11-19(34)6-15)37-26-21(31)13-35-30(32)39-26;1-13(2)23(24(34)30-19-9-15(25(35)37-3)8-16(10-19)26(36)38-4)31-22(33)12-21(32)20(29)7-14-5-17(27)11-18(28)6-14;5-2-1-8-4(7)9-3(2)6/h5-6,11,13-14,16-17,20,22-23,25,40H,7-10,12H2,1-4H3,(H,36,42)(H,38,41)(H,35,37,39);5-6,11,13,15-16,19-21,23,32H,7-10,12,29H2,1-4H3,(H,30,34)(H,31,33);1H/t16-,17+,20?,22-,23-,25-;15-,16+,19?,20-,21-,23-;/m00./s1. The number of carbonyl (C=O) groups excluding carboxylic acids is 8. The molecule has 2 heterocycles. The highest BCUT2D eigenvalue weighted by Crippen LogP contribution is 2.33. The van der Waals surface area contributed by atoms with Crippen molar-refractivity contribution in [2.45, 2.75) is 140 Å². The number of benzene rings is 2. The van der Waals surface area contributed by atoms with Crippen LogP contribution in [0.25, 0.3) is 0 Å². The van der Waals surface area contributed by atoms with Gasteiger partial charge >= 0.3 is 23.9 Å². The number of anilines is 1. The van der Waals surface area contributed by atoms with Crippen LogP contribution in [0.3, 0.4) is 0 Å². The van der Waals surface area contributed by atoms with Gasteiger partial charge in [0, 0.05) is 42.7 Å². The molecule has 0 saturated heterocycles. The Kier molecular flexibility index (Phi) is 32.5. The van der Waals surface area contributed by atoms with Crippen molar-refractivity contribution in [1.82, 2.24) is 41.2 Å². The maximum absolute atomic E-state index is 13.9. The van der Waals surface area contributed by atoms with Gasteiger partial charge in [0.15, 0.2) is 0 Å². The van der Waals surface area contributed by atoms with Gasteiger partial charge in [0.05, 0.1) is 92.1 Å². The highest BCUT2D eigenvalue weighted by atomic mass is 79.9. The molecule has 93 heavy (non-hydrogen) atoms. The van der Waals surface area contributed by atoms with Crippen LogP contribution in [0.15, 0.2) is 57.7 Å². The number of nitrogens with zero attached hydrogens (tertiary/aromatic N) is 4. The number of nitrogens with two attached hydrogens (primary N) is 1. The molecule has 12 atom stereocenters. The summed E-state index contributed by atoms with van der Waals surface area (Å²) in [6.07, 6.45) is 0.454. The average molecular weight is 1500 g/mol. The third-order valence-electron chi connectivity index (χ3n) is 15.0. The Morgan fingerprint density at radius 2 is 0.914 bits per heavy atom. The molecule has 2 saturated carbocycles. The first-order valence-electron chi connectivity index (χ1n) is 29.0. The summed E-state index contributed by atoms with van der Waals surface area (Å²) < 4.78 is 75.1. The van der Waals surface area contributed by atoms with Gasteiger partial charge in [-0.2, -0.15) is 4.98 Å². The van der Waals surface area contributed by atoms with Gasteiger partial charge in [-0.1, -0.05) is 39.3 Å². The number of amides is 4. The third kappa shape index (κ3) is 26.0. The van der Waals surface area contributed by atoms with Crippen molar-refractivity contribution in [2.75, 3.05) is 33.8 Å². The van der Waals surface area contributed by atoms with E-state index in [2.05, 4.69) is 78.4 Å². The molecular formula is C60H75Br2Cl3F4N10O14. The van der Waals surface area contributed by atoms with E-state index in [-0.39, 0.29) is 90.7 Å². The number of hydrogen-bond donors (Lipinski definition) is 8. The predicted molar refractivity (Wildman–Crippen MR) is 338 cm³/mol. The summed E-state index contributed by atoms with van der Waals surface area (Å²) in [6.45, 7) is 6.88. The van der Waals surface area contributed by atoms with Gasteiger partial charge in [0.25, 0.3) is 0 Å². The molecule has 0 radical (unpaired) electrons. The Hall–Kier alpha value is -6.41. The zero-order valence-corrected chi connectivity index (χ0v) is 57.3. The smallest absolute Gasteiger partial charge is 0.308 e. The molecule has 0 bridgehead atoms. The minimum Gasteiger partial charge on any atom is -0.469 e. The van der Waals surface area contributed by atoms with E-state index in [1.165, 1.54) is 40.8 Å². The van der Waals surface area contributed by atoms with Crippen LogP contribution in [-0.2, 0) is 70.1 Å². The second-order valence-corrected chi connectivity index (χ2v) is 25.6. The molecule has 2 unspecified atom stereocenters. The molecule has 33 heteroatoms. The van der Waals surface area contributed by atoms with E-state index in [1.807, 2.05) is 0 Å². The van der Waals surface area contributed by atoms with E-state index >= 15 is 0 Å². The van der Waals surface area contributed by atoms with Crippen LogP contribution in [0.4, 0.5) is 23.4 Å². The molecule has 2 aromatic carbocycles. The first-order chi connectivity index (χ1) is 43.7. The first kappa shape index (κ1) is 79.0. The van der Waals surface area contributed by atoms with Crippen LogP contribution in [0.5, 0.6) is 0 Å². The molecule has 512 valence electrons. The molecule has 4 amide bonds. The van der Waals surface area contributed by atoms with Gasteiger partial charge in [-0.3, -0.25) is 38.4 Å². The SMILES string of the molecule is COC(=O)[C@@H]1CC(NC(=O)[C@@H](NC(=O)C[C@H](O)[C@@H](N)Cc2cc(F)cc(F)c2)C(C)C)C[C@H](C(=O)OC)C1.COC(=O)[C@@H]1CC(NC(=O)[C@@H](NC(=O)C[C@H](O)[C@H](Cc2cc(F)cc(F)c2)Nc2nc(Cl)ncc2Br)C(C)C)C[C@H](C(=O)OC)C1.Clc1ncc(Br)c(Cl)n1. The molecule has 2 fully saturated rings. The van der Waals surface area contributed by atoms with Gasteiger partial charge in [-0.25, -0.2) is 32.5 Å². The average Bonchev–Trinajstić information content (AvgIpc) is 1.03. The fraction of sp³-hybridized carbons (Fsp3) is 0.533. The van der Waals surface area contributed by atoms with Crippen molar-refractivity contribution < 1.29 is 85.1 Å². The molecule has 2 aliphatic rings. The van der Waals surface area contributed by atoms with E-state index in [4.69, 9.17) is 59.5 Å². The largest absolute Gasteiger partial charge is 0.469 e. The van der Waals surface area contributed by atoms with E-state index in [1.54, 1.807) is 27.7 Å². The number of halogens is 9. The van der Waals surface area contributed by atoms with Crippen molar-refractivity contribution in [3.63, 3.8) is 0 Å². The van der Waals surface area contributed by atoms with Crippen LogP contribution >= 0.6 is 66.7 Å². The zero-order valence-electron chi connectivity index (χ0n) is 51.8. The highest BCUT2D eigenvalue weighted by Gasteiger charge is 2.41. The van der Waals surface area contributed by atoms with Gasteiger partial charge < -0.3 is 61.5 Å². The molecule has 2 aliphatic carbocycles. The number of carbonyl (C=O) groups is 8. The first-order valence-corrected chi connectivity index (χ1v) is 31.8. The lowest BCUT2D eigenvalue weighted by Gasteiger charge is -2.34. The Bertz CT molecular complexity index is 3160. The van der Waals surface area contributed by atoms with Crippen LogP contribution < -0.4 is 32.3 Å². The number of rotatable bonds is 24. The Labute approximate surface area is 566 Å². The quantitative estimate of drug-likeness (QED) is 0.0117. The minimum absolute atomic E-state index is 0.0678. The number of hydrogen-bond acceptors (Lipinski definition) is 20. The van der Waals surface area contributed by atoms with Crippen LogP contribution in [0.1, 0.15) is 90.2 Å². The minimum atomic E-state index is -1.43. The van der Waals surface area contributed by atoms with Crippen molar-refractivity contribution in [3.05, 3.63) is 108 Å². The fourth-order valence-electron chi connectivity index (χ4n) is 10.5. The Balaban J connectivity index is 0.000000353. The maximum Gasteiger partial charge on any atom is 0.308 e. The number of ether oxygens (including phenoxy) is 4. The monoisotopic (exact) mass is 1500 g/mol. The fourth-order valence-corrected chi connectivity index (χ4v) is 11.4. The van der Waals surface area contributed by atoms with Crippen LogP contribution in [-0.4, -0.2) is 155 Å². The van der Waals surface area contributed by atoms with E-state index in [0.717, 1.165) is 24.3 Å². The Morgan fingerprint density at radius 3 is 1.27 bits per heavy atom. The molecule has 4 aromatic rings. The van der Waals surface area contributed by atoms with Crippen LogP contribution in [0, 0.1) is 58.8 Å². The van der Waals surface area contributed by atoms with Gasteiger partial charge in [-0.05, 0) is 154 Å². The summed E-state index contributed by atoms with van der Waals surface area (Å²) in [6, 6.07) is 0.732. The molecule has 0 aliphatic heterocycles. The molecule has 0 spiro atoms. The summed E-state index contributed by atoms with van der Waals surface area (Å²) in [5.74, 6) is -10.6. The number of aliphatic hydroxyl groups is 2. The molecule has 6 rings (SSSR count). The topological polar surface area (TPSA) is 352 Å². The van der Waals surface area contributed by atoms with Crippen molar-refractivity contribution in [1.29, 1.82) is 0 Å². The lowest BCUT2D eigenvalue weighted by molar-refractivity contribution is -0.154. The number of nitrogens with one attached hydrogen (secondary N) is 5. The summed E-state index contributed by atoms with van der Waals surface area (Å²) in [5.41, 5.74) is 6.38. The summed E-state index contributed by atoms with van der Waals surface area (Å²) in [7, 11) is 4.99. The van der Waals surface area contributed by atoms with Crippen LogP contribution in [0.2, 0.25) is 15.7 Å². The van der Waals surface area contributed by atoms with Crippen molar-refractivity contribution in [3.8, 4) is 0 Å². The maximum atomic E-state index is 13.9. The number of esters is 4. The molecule has 24 nitrogen and oxygen atoms in total. The number of aliphatic hydroxyl groups excluding tert-OH is 2. The number of methoxy groups -OCH3 is 4. The second-order valence-electron chi connectivity index (χ2n) is 22.8. The van der Waals surface area contributed by atoms with Crippen molar-refractivity contribution in [2.24, 2.45) is 41.2 Å². The second kappa shape index (κ2) is 38.2. The highest BCUT2D eigenvalue weighted by molar-refractivity contribution is 9.11. The number of aromatic nitrogens is 4. The third-order valence-corrected chi connectivity index (χ3v) is 17.0. The van der Waals surface area contributed by atoms with Gasteiger partial charge in [-0.15, -0.1) is 0 Å². The normalized spacial score (nSPS) is 19.6. The van der Waals surface area contributed by atoms with E-state index in [9.17, 15) is 66.1 Å². The lowest BCUT2D eigenvalue weighted by Crippen LogP contribution is -2.54. The molecular weight excluding hydrogens is 1430 g/mol. The van der Waals surface area contributed by atoms with E-state index in [0.29, 0.717) is 26.2 Å². The lowest BCUT2D eigenvalue weighted by atomic mass is 9.78. The van der Waals surface area contributed by atoms with Gasteiger partial charge in [0.2, 0.25) is 34.2 Å². The van der Waals surface area contributed by atoms with Gasteiger partial charge in [0.1, 0.15) is 46.3 Å². The Morgan fingerprint density at radius 1 is 0.559 bits per heavy atom. The molecule has 9 N–H and O–H groups in total. The predicted octanol–water partition coefficient (Wildman–Crippen LogP) is 6.85. The zero-order chi connectivity index (χ0) is 69.6. The van der Waals surface area contributed by atoms with E-state index < -0.39 is 156 Å².